The number of nitrogens with zero attached hydrogens (tertiary/aromatic N) is 2. The van der Waals surface area contributed by atoms with Crippen LogP contribution in [0.2, 0.25) is 0 Å². The van der Waals surface area contributed by atoms with Crippen molar-refractivity contribution in [1.82, 2.24) is 9.88 Å². The van der Waals surface area contributed by atoms with Crippen molar-refractivity contribution < 1.29 is 18.9 Å². The number of methoxy groups -OCH3 is 3. The fourth-order valence-electron chi connectivity index (χ4n) is 4.44. The maximum absolute atomic E-state index is 6.39. The Labute approximate surface area is 166 Å². The molecule has 0 atom stereocenters. The lowest BCUT2D eigenvalue weighted by Gasteiger charge is -2.45. The second-order valence-electron chi connectivity index (χ2n) is 7.41. The first-order chi connectivity index (χ1) is 13.7. The first-order valence-corrected chi connectivity index (χ1v) is 9.78. The van der Waals surface area contributed by atoms with Gasteiger partial charge in [0.1, 0.15) is 0 Å². The number of ether oxygens (including phenoxy) is 4. The molecule has 0 saturated carbocycles. The van der Waals surface area contributed by atoms with Gasteiger partial charge in [0.25, 0.3) is 0 Å². The van der Waals surface area contributed by atoms with Crippen molar-refractivity contribution in [3.8, 4) is 17.4 Å². The molecule has 6 heteroatoms. The van der Waals surface area contributed by atoms with E-state index in [0.29, 0.717) is 5.88 Å². The Bertz CT molecular complexity index is 831. The number of rotatable bonds is 5. The van der Waals surface area contributed by atoms with Crippen molar-refractivity contribution in [3.05, 3.63) is 47.2 Å². The van der Waals surface area contributed by atoms with Gasteiger partial charge in [-0.3, -0.25) is 4.90 Å². The van der Waals surface area contributed by atoms with Crippen molar-refractivity contribution in [2.45, 2.75) is 31.4 Å². The van der Waals surface area contributed by atoms with Crippen LogP contribution in [-0.2, 0) is 23.3 Å². The van der Waals surface area contributed by atoms with Crippen molar-refractivity contribution in [2.75, 3.05) is 41.0 Å². The predicted molar refractivity (Wildman–Crippen MR) is 106 cm³/mol. The topological polar surface area (TPSA) is 53.1 Å². The zero-order valence-electron chi connectivity index (χ0n) is 16.9. The smallest absolute Gasteiger partial charge is 0.217 e. The van der Waals surface area contributed by atoms with E-state index in [2.05, 4.69) is 28.1 Å². The van der Waals surface area contributed by atoms with Crippen LogP contribution in [0.5, 0.6) is 17.4 Å². The number of hydrogen-bond acceptors (Lipinski definition) is 6. The molecule has 28 heavy (non-hydrogen) atoms. The predicted octanol–water partition coefficient (Wildman–Crippen LogP) is 3.17. The molecule has 3 heterocycles. The van der Waals surface area contributed by atoms with Crippen molar-refractivity contribution >= 4 is 0 Å². The molecule has 150 valence electrons. The quantitative estimate of drug-likeness (QED) is 0.789. The zero-order chi connectivity index (χ0) is 19.6. The molecule has 4 rings (SSSR count). The van der Waals surface area contributed by atoms with E-state index >= 15 is 0 Å². The van der Waals surface area contributed by atoms with Gasteiger partial charge >= 0.3 is 0 Å². The lowest BCUT2D eigenvalue weighted by molar-refractivity contribution is -0.0991. The van der Waals surface area contributed by atoms with Gasteiger partial charge < -0.3 is 18.9 Å². The first kappa shape index (κ1) is 19.0. The zero-order valence-corrected chi connectivity index (χ0v) is 16.9. The van der Waals surface area contributed by atoms with Crippen molar-refractivity contribution in [2.24, 2.45) is 0 Å². The third-order valence-electron chi connectivity index (χ3n) is 5.95. The minimum absolute atomic E-state index is 0.233. The van der Waals surface area contributed by atoms with E-state index in [0.717, 1.165) is 62.6 Å². The van der Waals surface area contributed by atoms with Gasteiger partial charge in [0.15, 0.2) is 11.5 Å². The molecule has 1 saturated heterocycles. The molecule has 2 aromatic rings. The fraction of sp³-hybridized carbons (Fsp3) is 0.500. The van der Waals surface area contributed by atoms with Gasteiger partial charge in [-0.05, 0) is 48.6 Å². The standard InChI is InChI=1S/C22H28N2O4/c1-25-19-13-16-6-12-28-22(18(16)14-20(19)26-2)7-10-24(11-8-22)15-17-5-4-9-23-21(17)27-3/h4-5,9,13-14H,6-8,10-12,15H2,1-3H3. The number of aromatic nitrogens is 1. The Balaban J connectivity index is 1.53. The Morgan fingerprint density at radius 3 is 2.54 bits per heavy atom. The molecule has 0 N–H and O–H groups in total. The highest BCUT2D eigenvalue weighted by Gasteiger charge is 2.41. The summed E-state index contributed by atoms with van der Waals surface area (Å²) in [4.78, 5) is 6.76. The van der Waals surface area contributed by atoms with E-state index in [1.807, 2.05) is 6.07 Å². The van der Waals surface area contributed by atoms with Crippen molar-refractivity contribution in [1.29, 1.82) is 0 Å². The van der Waals surface area contributed by atoms with Crippen molar-refractivity contribution in [3.63, 3.8) is 0 Å². The molecule has 1 fully saturated rings. The van der Waals surface area contributed by atoms with E-state index in [-0.39, 0.29) is 5.60 Å². The average Bonchev–Trinajstić information content (AvgIpc) is 2.75. The monoisotopic (exact) mass is 384 g/mol. The summed E-state index contributed by atoms with van der Waals surface area (Å²) < 4.78 is 22.8. The number of benzene rings is 1. The van der Waals surface area contributed by atoms with Gasteiger partial charge in [-0.15, -0.1) is 0 Å². The molecule has 0 radical (unpaired) electrons. The highest BCUT2D eigenvalue weighted by atomic mass is 16.5. The fourth-order valence-corrected chi connectivity index (χ4v) is 4.44. The van der Waals surface area contributed by atoms with Crippen LogP contribution in [0.3, 0.4) is 0 Å². The largest absolute Gasteiger partial charge is 0.493 e. The normalized spacial score (nSPS) is 18.5. The van der Waals surface area contributed by atoms with E-state index < -0.39 is 0 Å². The Kier molecular flexibility index (Phi) is 5.42. The summed E-state index contributed by atoms with van der Waals surface area (Å²) in [5.74, 6) is 2.27. The van der Waals surface area contributed by atoms with Gasteiger partial charge in [-0.25, -0.2) is 4.98 Å². The minimum atomic E-state index is -0.233. The first-order valence-electron chi connectivity index (χ1n) is 9.78. The highest BCUT2D eigenvalue weighted by molar-refractivity contribution is 5.50. The van der Waals surface area contributed by atoms with Crippen LogP contribution in [0.1, 0.15) is 29.5 Å². The SMILES string of the molecule is COc1cc2c(cc1OC)C1(CCN(Cc3cccnc3OC)CC1)OCC2. The molecule has 1 aromatic carbocycles. The molecule has 0 aliphatic carbocycles. The summed E-state index contributed by atoms with van der Waals surface area (Å²) >= 11 is 0. The lowest BCUT2D eigenvalue weighted by atomic mass is 9.79. The molecule has 1 spiro atoms. The summed E-state index contributed by atoms with van der Waals surface area (Å²) in [5, 5.41) is 0. The molecule has 0 bridgehead atoms. The van der Waals surface area contributed by atoms with Crippen LogP contribution in [0.25, 0.3) is 0 Å². The van der Waals surface area contributed by atoms with Gasteiger partial charge in [-0.2, -0.15) is 0 Å². The van der Waals surface area contributed by atoms with Gasteiger partial charge in [0.05, 0.1) is 33.5 Å². The van der Waals surface area contributed by atoms with Gasteiger partial charge in [0, 0.05) is 31.4 Å². The minimum Gasteiger partial charge on any atom is -0.493 e. The molecular weight excluding hydrogens is 356 g/mol. The van der Waals surface area contributed by atoms with Crippen LogP contribution >= 0.6 is 0 Å². The van der Waals surface area contributed by atoms with E-state index in [4.69, 9.17) is 18.9 Å². The van der Waals surface area contributed by atoms with E-state index in [1.165, 1.54) is 11.1 Å². The second-order valence-corrected chi connectivity index (χ2v) is 7.41. The van der Waals surface area contributed by atoms with E-state index in [9.17, 15) is 0 Å². The van der Waals surface area contributed by atoms with Gasteiger partial charge in [-0.1, -0.05) is 6.07 Å². The second kappa shape index (κ2) is 7.97. The van der Waals surface area contributed by atoms with Crippen LogP contribution in [0.4, 0.5) is 0 Å². The number of hydrogen-bond donors (Lipinski definition) is 0. The number of pyridine rings is 1. The summed E-state index contributed by atoms with van der Waals surface area (Å²) in [6.45, 7) is 3.52. The third kappa shape index (κ3) is 3.42. The highest BCUT2D eigenvalue weighted by Crippen LogP contribution is 2.45. The maximum Gasteiger partial charge on any atom is 0.217 e. The number of fused-ring (bicyclic) bond motifs is 2. The Hall–Kier alpha value is -2.31. The lowest BCUT2D eigenvalue weighted by Crippen LogP contribution is -2.46. The van der Waals surface area contributed by atoms with Crippen LogP contribution < -0.4 is 14.2 Å². The third-order valence-corrected chi connectivity index (χ3v) is 5.95. The molecule has 0 amide bonds. The van der Waals surface area contributed by atoms with Gasteiger partial charge in [0.2, 0.25) is 5.88 Å². The molecule has 1 aromatic heterocycles. The summed E-state index contributed by atoms with van der Waals surface area (Å²) in [7, 11) is 5.04. The molecule has 2 aliphatic heterocycles. The summed E-state index contributed by atoms with van der Waals surface area (Å²) in [5.41, 5.74) is 3.46. The maximum atomic E-state index is 6.39. The molecule has 0 unspecified atom stereocenters. The van der Waals surface area contributed by atoms with E-state index in [1.54, 1.807) is 27.5 Å². The molecular formula is C22H28N2O4. The Morgan fingerprint density at radius 1 is 1.07 bits per heavy atom. The van der Waals surface area contributed by atoms with Crippen LogP contribution in [0.15, 0.2) is 30.5 Å². The van der Waals surface area contributed by atoms with Crippen LogP contribution in [-0.4, -0.2) is 50.9 Å². The van der Waals surface area contributed by atoms with Crippen LogP contribution in [0, 0.1) is 0 Å². The number of likely N-dealkylation sites (tertiary alicyclic amines) is 1. The number of piperidine rings is 1. The average molecular weight is 384 g/mol. The molecule has 6 nitrogen and oxygen atoms in total. The summed E-state index contributed by atoms with van der Waals surface area (Å²) in [6.07, 6.45) is 4.59. The Morgan fingerprint density at radius 2 is 1.82 bits per heavy atom. The molecule has 2 aliphatic rings. The summed E-state index contributed by atoms with van der Waals surface area (Å²) in [6, 6.07) is 8.28.